The highest BCUT2D eigenvalue weighted by molar-refractivity contribution is 7.92. The van der Waals surface area contributed by atoms with Crippen LogP contribution in [0.25, 0.3) is 11.3 Å². The average molecular weight is 354 g/mol. The standard InChI is InChI=1S/C16H19N3O2S.ClH/c1-2-22(20,21)19-13-5-3-4-11(8-13)16-7-6-12(10-18-16)14-9-15(14)17;/h3-8,10,14-15,19H,2,9,17H2,1H3;1H/t14-,15+;/m0./s1. The van der Waals surface area contributed by atoms with Crippen LogP contribution in [0, 0.1) is 0 Å². The summed E-state index contributed by atoms with van der Waals surface area (Å²) in [5.41, 5.74) is 9.26. The third-order valence-corrected chi connectivity index (χ3v) is 5.17. The van der Waals surface area contributed by atoms with E-state index >= 15 is 0 Å². The summed E-state index contributed by atoms with van der Waals surface area (Å²) in [6.45, 7) is 1.61. The van der Waals surface area contributed by atoms with Gasteiger partial charge >= 0.3 is 0 Å². The molecule has 5 nitrogen and oxygen atoms in total. The third-order valence-electron chi connectivity index (χ3n) is 3.87. The van der Waals surface area contributed by atoms with Crippen molar-refractivity contribution in [1.29, 1.82) is 0 Å². The topological polar surface area (TPSA) is 85.1 Å². The summed E-state index contributed by atoms with van der Waals surface area (Å²) in [6, 6.07) is 11.5. The highest BCUT2D eigenvalue weighted by atomic mass is 35.5. The number of sulfonamides is 1. The minimum Gasteiger partial charge on any atom is -0.327 e. The molecule has 3 N–H and O–H groups in total. The number of halogens is 1. The summed E-state index contributed by atoms with van der Waals surface area (Å²) in [4.78, 5) is 4.47. The van der Waals surface area contributed by atoms with E-state index in [9.17, 15) is 8.42 Å². The summed E-state index contributed by atoms with van der Waals surface area (Å²) in [6.07, 6.45) is 2.88. The average Bonchev–Trinajstić information content (AvgIpc) is 3.24. The SMILES string of the molecule is CCS(=O)(=O)Nc1cccc(-c2ccc([C@@H]3C[C@H]3N)cn2)c1.Cl. The van der Waals surface area contributed by atoms with E-state index in [1.165, 1.54) is 5.56 Å². The highest BCUT2D eigenvalue weighted by Crippen LogP contribution is 2.38. The van der Waals surface area contributed by atoms with Crippen LogP contribution in [-0.2, 0) is 10.0 Å². The van der Waals surface area contributed by atoms with Crippen molar-refractivity contribution >= 4 is 28.1 Å². The number of benzene rings is 1. The van der Waals surface area contributed by atoms with E-state index in [0.717, 1.165) is 17.7 Å². The molecule has 1 saturated carbocycles. The Hall–Kier alpha value is -1.63. The van der Waals surface area contributed by atoms with Crippen LogP contribution in [0.5, 0.6) is 0 Å². The van der Waals surface area contributed by atoms with Gasteiger partial charge < -0.3 is 5.73 Å². The minimum atomic E-state index is -3.27. The van der Waals surface area contributed by atoms with Crippen LogP contribution < -0.4 is 10.5 Å². The number of nitrogens with zero attached hydrogens (tertiary/aromatic N) is 1. The first-order valence-electron chi connectivity index (χ1n) is 7.31. The van der Waals surface area contributed by atoms with Crippen molar-refractivity contribution in [3.8, 4) is 11.3 Å². The van der Waals surface area contributed by atoms with Gasteiger partial charge in [0.25, 0.3) is 0 Å². The fourth-order valence-electron chi connectivity index (χ4n) is 2.39. The van der Waals surface area contributed by atoms with E-state index in [1.54, 1.807) is 19.1 Å². The lowest BCUT2D eigenvalue weighted by atomic mass is 10.1. The molecule has 0 unspecified atom stereocenters. The number of aromatic nitrogens is 1. The summed E-state index contributed by atoms with van der Waals surface area (Å²) in [5, 5.41) is 0. The van der Waals surface area contributed by atoms with Gasteiger partial charge in [0.1, 0.15) is 0 Å². The number of nitrogens with one attached hydrogen (secondary N) is 1. The Balaban J connectivity index is 0.00000192. The van der Waals surface area contributed by atoms with Gasteiger partial charge in [-0.05, 0) is 37.1 Å². The molecular formula is C16H20ClN3O2S. The van der Waals surface area contributed by atoms with E-state index in [-0.39, 0.29) is 24.2 Å². The van der Waals surface area contributed by atoms with E-state index in [1.807, 2.05) is 30.5 Å². The number of anilines is 1. The summed E-state index contributed by atoms with van der Waals surface area (Å²) >= 11 is 0. The largest absolute Gasteiger partial charge is 0.327 e. The van der Waals surface area contributed by atoms with E-state index in [4.69, 9.17) is 5.73 Å². The van der Waals surface area contributed by atoms with Crippen molar-refractivity contribution < 1.29 is 8.42 Å². The van der Waals surface area contributed by atoms with Crippen molar-refractivity contribution in [2.45, 2.75) is 25.3 Å². The van der Waals surface area contributed by atoms with Crippen molar-refractivity contribution in [3.63, 3.8) is 0 Å². The van der Waals surface area contributed by atoms with Crippen LogP contribution in [0.2, 0.25) is 0 Å². The van der Waals surface area contributed by atoms with Gasteiger partial charge in [0, 0.05) is 29.4 Å². The molecule has 0 radical (unpaired) electrons. The van der Waals surface area contributed by atoms with Gasteiger partial charge in [0.2, 0.25) is 10.0 Å². The summed E-state index contributed by atoms with van der Waals surface area (Å²) in [5.74, 6) is 0.482. The molecule has 1 aliphatic carbocycles. The molecule has 2 atom stereocenters. The van der Waals surface area contributed by atoms with Crippen LogP contribution in [-0.4, -0.2) is 25.2 Å². The second-order valence-electron chi connectivity index (χ2n) is 5.57. The van der Waals surface area contributed by atoms with Gasteiger partial charge in [-0.25, -0.2) is 8.42 Å². The van der Waals surface area contributed by atoms with Crippen LogP contribution >= 0.6 is 12.4 Å². The monoisotopic (exact) mass is 353 g/mol. The molecule has 1 aromatic carbocycles. The quantitative estimate of drug-likeness (QED) is 0.865. The molecule has 1 aromatic heterocycles. The number of hydrogen-bond donors (Lipinski definition) is 2. The molecule has 1 heterocycles. The number of rotatable bonds is 5. The normalized spacial score (nSPS) is 19.7. The van der Waals surface area contributed by atoms with Crippen molar-refractivity contribution in [2.75, 3.05) is 10.5 Å². The van der Waals surface area contributed by atoms with Crippen molar-refractivity contribution in [2.24, 2.45) is 5.73 Å². The Morgan fingerprint density at radius 1 is 1.30 bits per heavy atom. The molecule has 23 heavy (non-hydrogen) atoms. The molecule has 1 aliphatic rings. The number of hydrogen-bond acceptors (Lipinski definition) is 4. The number of nitrogens with two attached hydrogens (primary N) is 1. The first kappa shape index (κ1) is 17.7. The lowest BCUT2D eigenvalue weighted by Crippen LogP contribution is -2.14. The molecule has 0 amide bonds. The van der Waals surface area contributed by atoms with E-state index < -0.39 is 10.0 Å². The Bertz CT molecular complexity index is 778. The Morgan fingerprint density at radius 2 is 2.04 bits per heavy atom. The first-order chi connectivity index (χ1) is 10.5. The molecule has 0 aliphatic heterocycles. The molecule has 2 aromatic rings. The smallest absolute Gasteiger partial charge is 0.232 e. The van der Waals surface area contributed by atoms with Crippen LogP contribution in [0.3, 0.4) is 0 Å². The van der Waals surface area contributed by atoms with Gasteiger partial charge in [-0.3, -0.25) is 9.71 Å². The zero-order chi connectivity index (χ0) is 15.7. The maximum atomic E-state index is 11.6. The van der Waals surface area contributed by atoms with Crippen LogP contribution in [0.4, 0.5) is 5.69 Å². The minimum absolute atomic E-state index is 0. The van der Waals surface area contributed by atoms with Crippen LogP contribution in [0.1, 0.15) is 24.8 Å². The van der Waals surface area contributed by atoms with E-state index in [2.05, 4.69) is 9.71 Å². The predicted molar refractivity (Wildman–Crippen MR) is 95.3 cm³/mol. The van der Waals surface area contributed by atoms with Gasteiger partial charge in [0.05, 0.1) is 11.4 Å². The molecule has 3 rings (SSSR count). The molecule has 0 bridgehead atoms. The highest BCUT2D eigenvalue weighted by Gasteiger charge is 2.34. The Morgan fingerprint density at radius 3 is 2.61 bits per heavy atom. The van der Waals surface area contributed by atoms with Gasteiger partial charge in [-0.2, -0.15) is 0 Å². The number of pyridine rings is 1. The third kappa shape index (κ3) is 4.22. The fourth-order valence-corrected chi connectivity index (χ4v) is 3.02. The lowest BCUT2D eigenvalue weighted by Gasteiger charge is -2.08. The maximum Gasteiger partial charge on any atom is 0.232 e. The zero-order valence-corrected chi connectivity index (χ0v) is 14.4. The zero-order valence-electron chi connectivity index (χ0n) is 12.8. The van der Waals surface area contributed by atoms with Gasteiger partial charge in [-0.15, -0.1) is 12.4 Å². The molecular weight excluding hydrogens is 334 g/mol. The Kier molecular flexibility index (Phi) is 5.29. The van der Waals surface area contributed by atoms with Gasteiger partial charge in [0.15, 0.2) is 0 Å². The second kappa shape index (κ2) is 6.86. The molecule has 124 valence electrons. The predicted octanol–water partition coefficient (Wildman–Crippen LogP) is 2.75. The summed E-state index contributed by atoms with van der Waals surface area (Å²) < 4.78 is 25.8. The summed E-state index contributed by atoms with van der Waals surface area (Å²) in [7, 11) is -3.27. The molecule has 0 saturated heterocycles. The van der Waals surface area contributed by atoms with Crippen LogP contribution in [0.15, 0.2) is 42.6 Å². The maximum absolute atomic E-state index is 11.6. The first-order valence-corrected chi connectivity index (χ1v) is 8.96. The van der Waals surface area contributed by atoms with E-state index in [0.29, 0.717) is 11.6 Å². The van der Waals surface area contributed by atoms with Crippen molar-refractivity contribution in [3.05, 3.63) is 48.2 Å². The second-order valence-corrected chi connectivity index (χ2v) is 7.58. The Labute approximate surface area is 142 Å². The molecule has 0 spiro atoms. The lowest BCUT2D eigenvalue weighted by molar-refractivity contribution is 0.602. The van der Waals surface area contributed by atoms with Crippen molar-refractivity contribution in [1.82, 2.24) is 4.98 Å². The molecule has 1 fully saturated rings. The molecule has 7 heteroatoms. The fraction of sp³-hybridized carbons (Fsp3) is 0.312. The van der Waals surface area contributed by atoms with Gasteiger partial charge in [-0.1, -0.05) is 18.2 Å².